The maximum absolute atomic E-state index is 12.7. The molecule has 1 atom stereocenters. The zero-order valence-electron chi connectivity index (χ0n) is 13.5. The first-order valence-electron chi connectivity index (χ1n) is 7.55. The summed E-state index contributed by atoms with van der Waals surface area (Å²) in [6, 6.07) is 12.6. The second-order valence-corrected chi connectivity index (χ2v) is 6.16. The Labute approximate surface area is 135 Å². The first-order chi connectivity index (χ1) is 10.8. The molecule has 0 bridgehead atoms. The molecule has 0 spiro atoms. The number of nitrogens with zero attached hydrogens (tertiary/aromatic N) is 1. The molecule has 1 amide bonds. The van der Waals surface area contributed by atoms with Crippen molar-refractivity contribution in [3.8, 4) is 0 Å². The van der Waals surface area contributed by atoms with Crippen LogP contribution in [-0.4, -0.2) is 23.8 Å². The van der Waals surface area contributed by atoms with Gasteiger partial charge >= 0.3 is 0 Å². The van der Waals surface area contributed by atoms with E-state index in [1.54, 1.807) is 37.4 Å². The van der Waals surface area contributed by atoms with Gasteiger partial charge < -0.3 is 10.0 Å². The number of likely N-dealkylation sites (N-methyl/N-ethyl adjacent to an activating group) is 1. The smallest absolute Gasteiger partial charge is 0.263 e. The number of amides is 1. The monoisotopic (exact) mass is 309 g/mol. The summed E-state index contributed by atoms with van der Waals surface area (Å²) in [6.07, 6.45) is -0.253. The fraction of sp³-hybridized carbons (Fsp3) is 0.263. The summed E-state index contributed by atoms with van der Waals surface area (Å²) in [6.45, 7) is 3.82. The van der Waals surface area contributed by atoms with E-state index >= 15 is 0 Å². The standard InChI is InChI=1S/C19H19NO3/c1-12-8-9-14(13(2)10-12)17(21)11-19(23)15-6-4-5-7-16(15)20(3)18(19)22/h4-10,23H,11H2,1-3H3/t19-/m0/s1. The summed E-state index contributed by atoms with van der Waals surface area (Å²) in [5.41, 5.74) is 1.81. The quantitative estimate of drug-likeness (QED) is 0.887. The molecule has 0 aromatic heterocycles. The van der Waals surface area contributed by atoms with Crippen molar-refractivity contribution in [3.05, 3.63) is 64.7 Å². The molecule has 1 aliphatic heterocycles. The number of carbonyl (C=O) groups is 2. The second-order valence-electron chi connectivity index (χ2n) is 6.16. The molecule has 4 nitrogen and oxygen atoms in total. The number of ketones is 1. The molecule has 23 heavy (non-hydrogen) atoms. The lowest BCUT2D eigenvalue weighted by atomic mass is 9.87. The van der Waals surface area contributed by atoms with Crippen LogP contribution in [0.2, 0.25) is 0 Å². The average molecular weight is 309 g/mol. The Bertz CT molecular complexity index is 812. The van der Waals surface area contributed by atoms with Crippen LogP contribution >= 0.6 is 0 Å². The van der Waals surface area contributed by atoms with Gasteiger partial charge in [-0.2, -0.15) is 0 Å². The number of hydrogen-bond donors (Lipinski definition) is 1. The molecule has 0 saturated heterocycles. The number of carbonyl (C=O) groups excluding carboxylic acids is 2. The van der Waals surface area contributed by atoms with Gasteiger partial charge in [0, 0.05) is 18.2 Å². The summed E-state index contributed by atoms with van der Waals surface area (Å²) >= 11 is 0. The van der Waals surface area contributed by atoms with Crippen molar-refractivity contribution in [1.29, 1.82) is 0 Å². The molecule has 118 valence electrons. The normalized spacial score (nSPS) is 19.8. The second kappa shape index (κ2) is 5.32. The number of anilines is 1. The molecule has 1 N–H and O–H groups in total. The molecule has 3 rings (SSSR count). The lowest BCUT2D eigenvalue weighted by molar-refractivity contribution is -0.135. The number of aliphatic hydroxyl groups is 1. The zero-order chi connectivity index (χ0) is 16.8. The number of rotatable bonds is 3. The number of benzene rings is 2. The summed E-state index contributed by atoms with van der Waals surface area (Å²) in [4.78, 5) is 26.6. The largest absolute Gasteiger partial charge is 0.375 e. The molecular weight excluding hydrogens is 290 g/mol. The third kappa shape index (κ3) is 2.35. The first kappa shape index (κ1) is 15.4. The fourth-order valence-corrected chi connectivity index (χ4v) is 3.24. The number of fused-ring (bicyclic) bond motifs is 1. The highest BCUT2D eigenvalue weighted by Gasteiger charge is 2.49. The van der Waals surface area contributed by atoms with Gasteiger partial charge in [0.1, 0.15) is 0 Å². The topological polar surface area (TPSA) is 57.6 Å². The molecule has 0 radical (unpaired) electrons. The van der Waals surface area contributed by atoms with Crippen LogP contribution in [0.4, 0.5) is 5.69 Å². The summed E-state index contributed by atoms with van der Waals surface area (Å²) in [5, 5.41) is 10.9. The van der Waals surface area contributed by atoms with Crippen LogP contribution in [0, 0.1) is 13.8 Å². The highest BCUT2D eigenvalue weighted by atomic mass is 16.3. The van der Waals surface area contributed by atoms with Gasteiger partial charge in [-0.15, -0.1) is 0 Å². The van der Waals surface area contributed by atoms with Gasteiger partial charge in [-0.3, -0.25) is 9.59 Å². The van der Waals surface area contributed by atoms with Crippen molar-refractivity contribution in [2.24, 2.45) is 0 Å². The van der Waals surface area contributed by atoms with E-state index in [1.165, 1.54) is 4.90 Å². The van der Waals surface area contributed by atoms with Gasteiger partial charge in [0.2, 0.25) is 0 Å². The summed E-state index contributed by atoms with van der Waals surface area (Å²) < 4.78 is 0. The Morgan fingerprint density at radius 1 is 1.17 bits per heavy atom. The van der Waals surface area contributed by atoms with E-state index in [4.69, 9.17) is 0 Å². The maximum atomic E-state index is 12.7. The van der Waals surface area contributed by atoms with E-state index in [-0.39, 0.29) is 12.2 Å². The van der Waals surface area contributed by atoms with Gasteiger partial charge in [-0.05, 0) is 25.5 Å². The minimum absolute atomic E-state index is 0.233. The van der Waals surface area contributed by atoms with E-state index in [1.807, 2.05) is 26.0 Å². The van der Waals surface area contributed by atoms with Gasteiger partial charge in [0.05, 0.1) is 12.1 Å². The van der Waals surface area contributed by atoms with E-state index in [0.717, 1.165) is 11.1 Å². The maximum Gasteiger partial charge on any atom is 0.263 e. The van der Waals surface area contributed by atoms with Crippen LogP contribution in [0.3, 0.4) is 0 Å². The Balaban J connectivity index is 1.99. The predicted molar refractivity (Wildman–Crippen MR) is 88.6 cm³/mol. The Morgan fingerprint density at radius 2 is 1.87 bits per heavy atom. The molecule has 1 heterocycles. The molecule has 2 aromatic rings. The van der Waals surface area contributed by atoms with Gasteiger partial charge in [0.25, 0.3) is 5.91 Å². The number of aryl methyl sites for hydroxylation is 2. The Morgan fingerprint density at radius 3 is 2.57 bits per heavy atom. The number of Topliss-reactive ketones (excluding diaryl/α,β-unsaturated/α-hetero) is 1. The van der Waals surface area contributed by atoms with Crippen LogP contribution in [0.1, 0.15) is 33.5 Å². The summed E-state index contributed by atoms with van der Waals surface area (Å²) in [7, 11) is 1.61. The molecule has 0 aliphatic carbocycles. The third-order valence-electron chi connectivity index (χ3n) is 4.47. The zero-order valence-corrected chi connectivity index (χ0v) is 13.5. The number of para-hydroxylation sites is 1. The first-order valence-corrected chi connectivity index (χ1v) is 7.55. The highest BCUT2D eigenvalue weighted by Crippen LogP contribution is 2.42. The minimum atomic E-state index is -1.79. The Hall–Kier alpha value is -2.46. The van der Waals surface area contributed by atoms with Crippen LogP contribution in [-0.2, 0) is 10.4 Å². The molecule has 2 aromatic carbocycles. The van der Waals surface area contributed by atoms with Gasteiger partial charge in [-0.1, -0.05) is 42.0 Å². The van der Waals surface area contributed by atoms with Crippen molar-refractivity contribution < 1.29 is 14.7 Å². The Kier molecular flexibility index (Phi) is 3.57. The van der Waals surface area contributed by atoms with Crippen LogP contribution in [0.5, 0.6) is 0 Å². The highest BCUT2D eigenvalue weighted by molar-refractivity contribution is 6.10. The number of hydrogen-bond acceptors (Lipinski definition) is 3. The van der Waals surface area contributed by atoms with Gasteiger partial charge in [-0.25, -0.2) is 0 Å². The van der Waals surface area contributed by atoms with E-state index in [0.29, 0.717) is 16.8 Å². The third-order valence-corrected chi connectivity index (χ3v) is 4.47. The molecule has 0 saturated carbocycles. The van der Waals surface area contributed by atoms with Crippen molar-refractivity contribution in [3.63, 3.8) is 0 Å². The average Bonchev–Trinajstić information content (AvgIpc) is 2.70. The fourth-order valence-electron chi connectivity index (χ4n) is 3.24. The SMILES string of the molecule is Cc1ccc(C(=O)C[C@@]2(O)C(=O)N(C)c3ccccc32)c(C)c1. The lowest BCUT2D eigenvalue weighted by Crippen LogP contribution is -2.40. The predicted octanol–water partition coefficient (Wildman–Crippen LogP) is 2.74. The van der Waals surface area contributed by atoms with Gasteiger partial charge in [0.15, 0.2) is 11.4 Å². The van der Waals surface area contributed by atoms with Crippen LogP contribution in [0.25, 0.3) is 0 Å². The lowest BCUT2D eigenvalue weighted by Gasteiger charge is -2.21. The summed E-state index contributed by atoms with van der Waals surface area (Å²) in [5.74, 6) is -0.694. The van der Waals surface area contributed by atoms with Crippen molar-refractivity contribution in [1.82, 2.24) is 0 Å². The van der Waals surface area contributed by atoms with Crippen molar-refractivity contribution in [2.45, 2.75) is 25.9 Å². The van der Waals surface area contributed by atoms with E-state index in [9.17, 15) is 14.7 Å². The minimum Gasteiger partial charge on any atom is -0.375 e. The molecule has 1 aliphatic rings. The van der Waals surface area contributed by atoms with Crippen LogP contribution in [0.15, 0.2) is 42.5 Å². The van der Waals surface area contributed by atoms with Crippen molar-refractivity contribution in [2.75, 3.05) is 11.9 Å². The van der Waals surface area contributed by atoms with E-state index in [2.05, 4.69) is 0 Å². The molecule has 0 fully saturated rings. The molecule has 4 heteroatoms. The molecule has 0 unspecified atom stereocenters. The molecular formula is C19H19NO3. The van der Waals surface area contributed by atoms with Crippen molar-refractivity contribution >= 4 is 17.4 Å². The van der Waals surface area contributed by atoms with E-state index < -0.39 is 11.5 Å². The van der Waals surface area contributed by atoms with Crippen LogP contribution < -0.4 is 4.90 Å².